The number of ether oxygens (including phenoxy) is 1. The van der Waals surface area contributed by atoms with Crippen LogP contribution >= 0.6 is 0 Å². The van der Waals surface area contributed by atoms with Crippen molar-refractivity contribution in [3.8, 4) is 17.2 Å². The van der Waals surface area contributed by atoms with Gasteiger partial charge >= 0.3 is 5.97 Å². The van der Waals surface area contributed by atoms with Crippen LogP contribution < -0.4 is 4.74 Å². The molecular formula is C22H19NO4. The van der Waals surface area contributed by atoms with Crippen LogP contribution in [0.4, 0.5) is 0 Å². The number of benzene rings is 2. The first-order valence-electron chi connectivity index (χ1n) is 8.44. The van der Waals surface area contributed by atoms with E-state index in [4.69, 9.17) is 14.3 Å². The number of carboxylic acids is 1. The predicted molar refractivity (Wildman–Crippen MR) is 103 cm³/mol. The summed E-state index contributed by atoms with van der Waals surface area (Å²) in [6.07, 6.45) is 6.05. The Morgan fingerprint density at radius 3 is 2.56 bits per heavy atom. The molecule has 0 bridgehead atoms. The van der Waals surface area contributed by atoms with Crippen molar-refractivity contribution in [1.82, 2.24) is 4.98 Å². The number of aromatic nitrogens is 1. The third-order valence-corrected chi connectivity index (χ3v) is 3.81. The lowest BCUT2D eigenvalue weighted by Gasteiger charge is -2.04. The highest BCUT2D eigenvalue weighted by Gasteiger charge is 2.11. The molecule has 5 nitrogen and oxygen atoms in total. The number of rotatable bonds is 7. The van der Waals surface area contributed by atoms with E-state index in [9.17, 15) is 4.79 Å². The molecule has 1 heterocycles. The fraction of sp³-hybridized carbons (Fsp3) is 0.0909. The number of hydrogen-bond donors (Lipinski definition) is 1. The van der Waals surface area contributed by atoms with Crippen LogP contribution in [-0.2, 0) is 11.4 Å². The summed E-state index contributed by atoms with van der Waals surface area (Å²) in [6, 6.07) is 17.2. The largest absolute Gasteiger partial charge is 0.487 e. The standard InChI is InChI=1S/C22H19NO4/c1-16-20(23-22(27-16)18-8-3-2-4-9-18)15-26-19-13-11-17(12-14-19)7-5-6-10-21(24)25/h2-14H,15H2,1H3,(H,24,25)/b7-5+,10-6+. The minimum atomic E-state index is -0.970. The van der Waals surface area contributed by atoms with Gasteiger partial charge in [0.25, 0.3) is 0 Å². The number of aliphatic carboxylic acids is 1. The Balaban J connectivity index is 1.60. The molecule has 0 atom stereocenters. The molecule has 0 radical (unpaired) electrons. The maximum Gasteiger partial charge on any atom is 0.328 e. The molecule has 0 fully saturated rings. The van der Waals surface area contributed by atoms with E-state index in [1.54, 1.807) is 6.08 Å². The summed E-state index contributed by atoms with van der Waals surface area (Å²) < 4.78 is 11.5. The maximum atomic E-state index is 10.4. The Bertz CT molecular complexity index is 954. The topological polar surface area (TPSA) is 72.6 Å². The quantitative estimate of drug-likeness (QED) is 0.479. The third-order valence-electron chi connectivity index (χ3n) is 3.81. The molecule has 3 aromatic rings. The van der Waals surface area contributed by atoms with Crippen molar-refractivity contribution in [3.63, 3.8) is 0 Å². The molecule has 0 spiro atoms. The number of hydrogen-bond acceptors (Lipinski definition) is 4. The summed E-state index contributed by atoms with van der Waals surface area (Å²) in [5.41, 5.74) is 2.64. The molecular weight excluding hydrogens is 342 g/mol. The summed E-state index contributed by atoms with van der Waals surface area (Å²) in [5, 5.41) is 8.54. The van der Waals surface area contributed by atoms with Crippen molar-refractivity contribution in [1.29, 1.82) is 0 Å². The average molecular weight is 361 g/mol. The van der Waals surface area contributed by atoms with E-state index >= 15 is 0 Å². The van der Waals surface area contributed by atoms with Crippen LogP contribution in [0.2, 0.25) is 0 Å². The summed E-state index contributed by atoms with van der Waals surface area (Å²) in [6.45, 7) is 2.19. The Labute approximate surface area is 157 Å². The molecule has 0 saturated carbocycles. The first-order chi connectivity index (χ1) is 13.1. The van der Waals surface area contributed by atoms with E-state index in [-0.39, 0.29) is 0 Å². The van der Waals surface area contributed by atoms with Crippen LogP contribution in [0.5, 0.6) is 5.75 Å². The van der Waals surface area contributed by atoms with Crippen LogP contribution in [0.3, 0.4) is 0 Å². The molecule has 0 amide bonds. The van der Waals surface area contributed by atoms with Crippen molar-refractivity contribution >= 4 is 12.0 Å². The second-order valence-corrected chi connectivity index (χ2v) is 5.80. The van der Waals surface area contributed by atoms with Crippen LogP contribution in [0.15, 0.2) is 77.2 Å². The van der Waals surface area contributed by atoms with E-state index in [1.807, 2.05) is 67.6 Å². The van der Waals surface area contributed by atoms with Gasteiger partial charge < -0.3 is 14.3 Å². The first-order valence-corrected chi connectivity index (χ1v) is 8.44. The summed E-state index contributed by atoms with van der Waals surface area (Å²) in [7, 11) is 0. The summed E-state index contributed by atoms with van der Waals surface area (Å²) in [4.78, 5) is 14.9. The first kappa shape index (κ1) is 18.2. The Kier molecular flexibility index (Phi) is 5.84. The number of carbonyl (C=O) groups is 1. The zero-order valence-corrected chi connectivity index (χ0v) is 14.8. The number of allylic oxidation sites excluding steroid dienone is 2. The number of carboxylic acid groups (broad SMARTS) is 1. The molecule has 5 heteroatoms. The van der Waals surface area contributed by atoms with E-state index < -0.39 is 5.97 Å². The Hall–Kier alpha value is -3.60. The molecule has 2 aromatic carbocycles. The van der Waals surface area contributed by atoms with Crippen molar-refractivity contribution in [2.45, 2.75) is 13.5 Å². The van der Waals surface area contributed by atoms with Crippen LogP contribution in [-0.4, -0.2) is 16.1 Å². The number of oxazole rings is 1. The summed E-state index contributed by atoms with van der Waals surface area (Å²) >= 11 is 0. The molecule has 0 aliphatic heterocycles. The van der Waals surface area contributed by atoms with Gasteiger partial charge in [-0.1, -0.05) is 48.6 Å². The molecule has 136 valence electrons. The molecule has 3 rings (SSSR count). The van der Waals surface area contributed by atoms with Crippen LogP contribution in [0.25, 0.3) is 17.5 Å². The lowest BCUT2D eigenvalue weighted by Crippen LogP contribution is -1.97. The van der Waals surface area contributed by atoms with Gasteiger partial charge in [0.05, 0.1) is 0 Å². The lowest BCUT2D eigenvalue weighted by molar-refractivity contribution is -0.131. The minimum Gasteiger partial charge on any atom is -0.487 e. The highest BCUT2D eigenvalue weighted by atomic mass is 16.5. The van der Waals surface area contributed by atoms with E-state index in [0.717, 1.165) is 34.4 Å². The van der Waals surface area contributed by atoms with Crippen molar-refractivity contribution < 1.29 is 19.1 Å². The van der Waals surface area contributed by atoms with Crippen LogP contribution in [0, 0.1) is 6.92 Å². The van der Waals surface area contributed by atoms with Gasteiger partial charge in [-0.25, -0.2) is 9.78 Å². The smallest absolute Gasteiger partial charge is 0.328 e. The van der Waals surface area contributed by atoms with Gasteiger partial charge in [-0.15, -0.1) is 0 Å². The minimum absolute atomic E-state index is 0.318. The fourth-order valence-electron chi connectivity index (χ4n) is 2.40. The van der Waals surface area contributed by atoms with Gasteiger partial charge in [0.15, 0.2) is 0 Å². The van der Waals surface area contributed by atoms with Crippen molar-refractivity contribution in [2.75, 3.05) is 0 Å². The van der Waals surface area contributed by atoms with E-state index in [0.29, 0.717) is 12.5 Å². The number of nitrogens with zero attached hydrogens (tertiary/aromatic N) is 1. The van der Waals surface area contributed by atoms with Crippen molar-refractivity contribution in [3.05, 3.63) is 89.8 Å². The molecule has 0 aliphatic carbocycles. The van der Waals surface area contributed by atoms with Gasteiger partial charge in [0, 0.05) is 11.6 Å². The molecule has 0 unspecified atom stereocenters. The third kappa shape index (κ3) is 5.19. The van der Waals surface area contributed by atoms with Crippen LogP contribution in [0.1, 0.15) is 17.0 Å². The predicted octanol–water partition coefficient (Wildman–Crippen LogP) is 4.88. The van der Waals surface area contributed by atoms with Gasteiger partial charge in [-0.2, -0.15) is 0 Å². The highest BCUT2D eigenvalue weighted by molar-refractivity contribution is 5.80. The molecule has 0 aliphatic rings. The zero-order valence-electron chi connectivity index (χ0n) is 14.8. The second kappa shape index (κ2) is 8.67. The SMILES string of the molecule is Cc1oc(-c2ccccc2)nc1COc1ccc(/C=C/C=C/C(=O)O)cc1. The van der Waals surface area contributed by atoms with Crippen molar-refractivity contribution in [2.24, 2.45) is 0 Å². The normalized spacial score (nSPS) is 11.3. The van der Waals surface area contributed by atoms with E-state index in [1.165, 1.54) is 6.08 Å². The highest BCUT2D eigenvalue weighted by Crippen LogP contribution is 2.22. The average Bonchev–Trinajstić information content (AvgIpc) is 3.06. The molecule has 0 saturated heterocycles. The molecule has 1 N–H and O–H groups in total. The number of aryl methyl sites for hydroxylation is 1. The maximum absolute atomic E-state index is 10.4. The monoisotopic (exact) mass is 361 g/mol. The van der Waals surface area contributed by atoms with Gasteiger partial charge in [-0.3, -0.25) is 0 Å². The van der Waals surface area contributed by atoms with E-state index in [2.05, 4.69) is 4.98 Å². The van der Waals surface area contributed by atoms with Gasteiger partial charge in [0.1, 0.15) is 23.8 Å². The Morgan fingerprint density at radius 2 is 1.85 bits per heavy atom. The Morgan fingerprint density at radius 1 is 1.11 bits per heavy atom. The molecule has 27 heavy (non-hydrogen) atoms. The van der Waals surface area contributed by atoms with Gasteiger partial charge in [-0.05, 0) is 36.8 Å². The zero-order chi connectivity index (χ0) is 19.1. The lowest BCUT2D eigenvalue weighted by atomic mass is 10.2. The molecule has 1 aromatic heterocycles. The fourth-order valence-corrected chi connectivity index (χ4v) is 2.40. The van der Waals surface area contributed by atoms with Gasteiger partial charge in [0.2, 0.25) is 5.89 Å². The second-order valence-electron chi connectivity index (χ2n) is 5.80. The summed E-state index contributed by atoms with van der Waals surface area (Å²) in [5.74, 6) is 1.07.